The van der Waals surface area contributed by atoms with E-state index in [4.69, 9.17) is 0 Å². The second kappa shape index (κ2) is 9.45. The summed E-state index contributed by atoms with van der Waals surface area (Å²) in [6, 6.07) is 5.10. The SMILES string of the molecule is C=CCCC1CCC(c2cc3ccc(CC/C=C/C)c(F)c3c(F)c2F)CC1. The molecule has 0 aliphatic heterocycles. The Balaban J connectivity index is 1.86. The number of hydrogen-bond donors (Lipinski definition) is 0. The Bertz CT molecular complexity index is 858. The average molecular weight is 387 g/mol. The van der Waals surface area contributed by atoms with E-state index < -0.39 is 17.5 Å². The average Bonchev–Trinajstić information content (AvgIpc) is 2.71. The number of aryl methyl sites for hydroxylation is 1. The molecule has 0 amide bonds. The van der Waals surface area contributed by atoms with Gasteiger partial charge in [-0.05, 0) is 92.7 Å². The molecule has 2 aromatic carbocycles. The van der Waals surface area contributed by atoms with Gasteiger partial charge in [-0.15, -0.1) is 6.58 Å². The van der Waals surface area contributed by atoms with E-state index in [9.17, 15) is 13.2 Å². The third kappa shape index (κ3) is 4.34. The zero-order chi connectivity index (χ0) is 20.1. The smallest absolute Gasteiger partial charge is 0.169 e. The maximum Gasteiger partial charge on any atom is 0.169 e. The molecule has 0 unspecified atom stereocenters. The van der Waals surface area contributed by atoms with E-state index >= 15 is 0 Å². The molecular formula is C25H29F3. The van der Waals surface area contributed by atoms with Gasteiger partial charge >= 0.3 is 0 Å². The Morgan fingerprint density at radius 2 is 1.75 bits per heavy atom. The van der Waals surface area contributed by atoms with Crippen molar-refractivity contribution < 1.29 is 13.2 Å². The van der Waals surface area contributed by atoms with Gasteiger partial charge in [0.2, 0.25) is 0 Å². The number of benzene rings is 2. The Morgan fingerprint density at radius 1 is 1.00 bits per heavy atom. The largest absolute Gasteiger partial charge is 0.206 e. The van der Waals surface area contributed by atoms with Crippen LogP contribution >= 0.6 is 0 Å². The van der Waals surface area contributed by atoms with Crippen molar-refractivity contribution in [1.29, 1.82) is 0 Å². The number of hydrogen-bond acceptors (Lipinski definition) is 0. The fourth-order valence-corrected chi connectivity index (χ4v) is 4.46. The van der Waals surface area contributed by atoms with Gasteiger partial charge in [0.1, 0.15) is 5.82 Å². The van der Waals surface area contributed by atoms with Gasteiger partial charge in [-0.1, -0.05) is 30.4 Å². The van der Waals surface area contributed by atoms with E-state index in [1.54, 1.807) is 18.2 Å². The van der Waals surface area contributed by atoms with Gasteiger partial charge in [0.15, 0.2) is 11.6 Å². The highest BCUT2D eigenvalue weighted by Gasteiger charge is 2.27. The standard InChI is InChI=1S/C25H29F3/c1-3-5-7-9-19-14-15-20-16-21(24(27)25(28)22(20)23(19)26)18-12-10-17(11-13-18)8-6-4-2/h3-5,14-18H,2,6-13H2,1H3/b5-3+. The predicted molar refractivity (Wildman–Crippen MR) is 111 cm³/mol. The minimum atomic E-state index is -1.04. The molecule has 2 aromatic rings. The summed E-state index contributed by atoms with van der Waals surface area (Å²) in [4.78, 5) is 0. The Labute approximate surface area is 166 Å². The quantitative estimate of drug-likeness (QED) is 0.423. The molecule has 1 aliphatic carbocycles. The molecule has 0 aromatic heterocycles. The first-order chi connectivity index (χ1) is 13.6. The van der Waals surface area contributed by atoms with Crippen molar-refractivity contribution in [3.8, 4) is 0 Å². The number of rotatable bonds is 7. The fraction of sp³-hybridized carbons (Fsp3) is 0.440. The van der Waals surface area contributed by atoms with Crippen LogP contribution in [0.25, 0.3) is 10.8 Å². The van der Waals surface area contributed by atoms with Crippen LogP contribution < -0.4 is 0 Å². The first-order valence-corrected chi connectivity index (χ1v) is 10.4. The van der Waals surface area contributed by atoms with Crippen molar-refractivity contribution in [2.75, 3.05) is 0 Å². The van der Waals surface area contributed by atoms with Crippen molar-refractivity contribution in [2.45, 2.75) is 64.2 Å². The molecule has 0 nitrogen and oxygen atoms in total. The monoisotopic (exact) mass is 386 g/mol. The Morgan fingerprint density at radius 3 is 2.43 bits per heavy atom. The second-order valence-corrected chi connectivity index (χ2v) is 7.92. The second-order valence-electron chi connectivity index (χ2n) is 7.92. The van der Waals surface area contributed by atoms with Crippen LogP contribution in [-0.4, -0.2) is 0 Å². The number of allylic oxidation sites excluding steroid dienone is 3. The lowest BCUT2D eigenvalue weighted by atomic mass is 9.76. The minimum Gasteiger partial charge on any atom is -0.206 e. The molecule has 3 heteroatoms. The van der Waals surface area contributed by atoms with E-state index in [1.807, 2.05) is 25.2 Å². The summed E-state index contributed by atoms with van der Waals surface area (Å²) in [5.41, 5.74) is 0.840. The van der Waals surface area contributed by atoms with Crippen LogP contribution in [-0.2, 0) is 6.42 Å². The van der Waals surface area contributed by atoms with Crippen molar-refractivity contribution in [1.82, 2.24) is 0 Å². The zero-order valence-electron chi connectivity index (χ0n) is 16.6. The van der Waals surface area contributed by atoms with Crippen LogP contribution in [0.1, 0.15) is 68.9 Å². The molecule has 0 saturated heterocycles. The summed E-state index contributed by atoms with van der Waals surface area (Å²) >= 11 is 0. The molecule has 0 heterocycles. The van der Waals surface area contributed by atoms with Gasteiger partial charge in [0.05, 0.1) is 5.39 Å². The maximum absolute atomic E-state index is 14.9. The highest BCUT2D eigenvalue weighted by Crippen LogP contribution is 2.40. The van der Waals surface area contributed by atoms with Crippen LogP contribution in [0.5, 0.6) is 0 Å². The van der Waals surface area contributed by atoms with Crippen LogP contribution in [0.15, 0.2) is 43.0 Å². The molecule has 0 bridgehead atoms. The molecule has 28 heavy (non-hydrogen) atoms. The van der Waals surface area contributed by atoms with E-state index in [2.05, 4.69) is 6.58 Å². The van der Waals surface area contributed by atoms with Crippen LogP contribution in [0.3, 0.4) is 0 Å². The lowest BCUT2D eigenvalue weighted by Crippen LogP contribution is -2.15. The predicted octanol–water partition coefficient (Wildman–Crippen LogP) is 8.01. The molecule has 1 aliphatic rings. The molecule has 0 atom stereocenters. The van der Waals surface area contributed by atoms with Gasteiger partial charge < -0.3 is 0 Å². The maximum atomic E-state index is 14.9. The van der Waals surface area contributed by atoms with Gasteiger partial charge in [-0.3, -0.25) is 0 Å². The summed E-state index contributed by atoms with van der Waals surface area (Å²) in [5.74, 6) is -1.88. The molecule has 1 fully saturated rings. The molecule has 0 radical (unpaired) electrons. The summed E-state index contributed by atoms with van der Waals surface area (Å²) in [5, 5.41) is 0.244. The van der Waals surface area contributed by atoms with Crippen molar-refractivity contribution >= 4 is 10.8 Å². The number of halogens is 3. The highest BCUT2D eigenvalue weighted by atomic mass is 19.2. The third-order valence-electron chi connectivity index (χ3n) is 6.11. The van der Waals surface area contributed by atoms with Crippen molar-refractivity contribution in [3.05, 3.63) is 71.6 Å². The Kier molecular flexibility index (Phi) is 6.98. The molecule has 1 saturated carbocycles. The topological polar surface area (TPSA) is 0 Å². The minimum absolute atomic E-state index is 0.0105. The van der Waals surface area contributed by atoms with Gasteiger partial charge in [-0.25, -0.2) is 13.2 Å². The zero-order valence-corrected chi connectivity index (χ0v) is 16.6. The fourth-order valence-electron chi connectivity index (χ4n) is 4.46. The normalized spacial score (nSPS) is 20.1. The lowest BCUT2D eigenvalue weighted by molar-refractivity contribution is 0.306. The lowest BCUT2D eigenvalue weighted by Gasteiger charge is -2.29. The van der Waals surface area contributed by atoms with E-state index in [-0.39, 0.29) is 11.3 Å². The first kappa shape index (κ1) is 20.7. The highest BCUT2D eigenvalue weighted by molar-refractivity contribution is 5.85. The summed E-state index contributed by atoms with van der Waals surface area (Å²) in [6.45, 7) is 5.67. The number of fused-ring (bicyclic) bond motifs is 1. The van der Waals surface area contributed by atoms with E-state index in [0.29, 0.717) is 35.3 Å². The summed E-state index contributed by atoms with van der Waals surface area (Å²) in [7, 11) is 0. The van der Waals surface area contributed by atoms with Gasteiger partial charge in [-0.2, -0.15) is 0 Å². The first-order valence-electron chi connectivity index (χ1n) is 10.4. The molecule has 150 valence electrons. The van der Waals surface area contributed by atoms with Crippen LogP contribution in [0, 0.1) is 23.4 Å². The molecular weight excluding hydrogens is 357 g/mol. The van der Waals surface area contributed by atoms with Crippen molar-refractivity contribution in [3.63, 3.8) is 0 Å². The molecule has 0 spiro atoms. The van der Waals surface area contributed by atoms with Crippen LogP contribution in [0.4, 0.5) is 13.2 Å². The summed E-state index contributed by atoms with van der Waals surface area (Å²) < 4.78 is 44.6. The van der Waals surface area contributed by atoms with E-state index in [1.165, 1.54) is 0 Å². The Hall–Kier alpha value is -2.03. The van der Waals surface area contributed by atoms with Crippen LogP contribution in [0.2, 0.25) is 0 Å². The van der Waals surface area contributed by atoms with Gasteiger partial charge in [0, 0.05) is 0 Å². The summed E-state index contributed by atoms with van der Waals surface area (Å²) in [6.07, 6.45) is 12.8. The molecule has 3 rings (SSSR count). The molecule has 0 N–H and O–H groups in total. The van der Waals surface area contributed by atoms with E-state index in [0.717, 1.165) is 38.5 Å². The third-order valence-corrected chi connectivity index (χ3v) is 6.11. The van der Waals surface area contributed by atoms with Gasteiger partial charge in [0.25, 0.3) is 0 Å². The van der Waals surface area contributed by atoms with Crippen molar-refractivity contribution in [2.24, 2.45) is 5.92 Å².